The van der Waals surface area contributed by atoms with Gasteiger partial charge in [-0.2, -0.15) is 5.10 Å². The number of benzene rings is 1. The summed E-state index contributed by atoms with van der Waals surface area (Å²) < 4.78 is 7.29. The van der Waals surface area contributed by atoms with Gasteiger partial charge in [-0.25, -0.2) is 0 Å². The summed E-state index contributed by atoms with van der Waals surface area (Å²) in [5.74, 6) is 0.393. The Kier molecular flexibility index (Phi) is 6.25. The molecule has 0 unspecified atom stereocenters. The topological polar surface area (TPSA) is 76.5 Å². The summed E-state index contributed by atoms with van der Waals surface area (Å²) in [4.78, 5) is 29.2. The third kappa shape index (κ3) is 4.50. The molecule has 7 nitrogen and oxygen atoms in total. The molecule has 2 amide bonds. The molecule has 7 heteroatoms. The molecule has 1 aliphatic heterocycles. The van der Waals surface area contributed by atoms with Gasteiger partial charge in [-0.3, -0.25) is 19.2 Å². The molecule has 0 saturated heterocycles. The molecule has 0 spiro atoms. The van der Waals surface area contributed by atoms with Crippen LogP contribution < -0.4 is 15.0 Å². The minimum absolute atomic E-state index is 0.130. The summed E-state index contributed by atoms with van der Waals surface area (Å²) in [7, 11) is 0. The van der Waals surface area contributed by atoms with E-state index in [9.17, 15) is 9.59 Å². The van der Waals surface area contributed by atoms with Crippen LogP contribution in [0.1, 0.15) is 82.9 Å². The van der Waals surface area contributed by atoms with Gasteiger partial charge >= 0.3 is 0 Å². The number of nitrogens with zero attached hydrogens (tertiary/aromatic N) is 3. The van der Waals surface area contributed by atoms with Crippen molar-refractivity contribution in [1.82, 2.24) is 15.1 Å². The lowest BCUT2D eigenvalue weighted by Crippen LogP contribution is -2.65. The second kappa shape index (κ2) is 8.84. The van der Waals surface area contributed by atoms with Gasteiger partial charge in [-0.05, 0) is 57.0 Å². The van der Waals surface area contributed by atoms with Gasteiger partial charge in [0, 0.05) is 17.1 Å². The highest BCUT2D eigenvalue weighted by molar-refractivity contribution is 6.11. The van der Waals surface area contributed by atoms with E-state index >= 15 is 0 Å². The van der Waals surface area contributed by atoms with Crippen molar-refractivity contribution >= 4 is 17.5 Å². The number of fused-ring (bicyclic) bond motifs is 1. The number of carbonyl (C=O) groups excluding carboxylic acids is 2. The number of hydrogen-bond acceptors (Lipinski definition) is 4. The van der Waals surface area contributed by atoms with Crippen molar-refractivity contribution in [2.45, 2.75) is 90.3 Å². The first-order valence-electron chi connectivity index (χ1n) is 12.1. The van der Waals surface area contributed by atoms with E-state index in [1.54, 1.807) is 9.58 Å². The van der Waals surface area contributed by atoms with Gasteiger partial charge in [0.15, 0.2) is 0 Å². The number of anilines is 1. The average Bonchev–Trinajstić information content (AvgIpc) is 3.20. The molecule has 178 valence electrons. The Balaban J connectivity index is 1.74. The van der Waals surface area contributed by atoms with Crippen LogP contribution in [0.25, 0.3) is 0 Å². The van der Waals surface area contributed by atoms with Gasteiger partial charge < -0.3 is 10.1 Å². The third-order valence-electron chi connectivity index (χ3n) is 6.76. The average molecular weight is 453 g/mol. The molecule has 4 rings (SSSR count). The van der Waals surface area contributed by atoms with Crippen LogP contribution in [0.4, 0.5) is 5.69 Å². The van der Waals surface area contributed by atoms with Gasteiger partial charge in [-0.1, -0.05) is 40.0 Å². The van der Waals surface area contributed by atoms with Crippen LogP contribution in [0.2, 0.25) is 0 Å². The van der Waals surface area contributed by atoms with Crippen molar-refractivity contribution < 1.29 is 14.3 Å². The zero-order valence-corrected chi connectivity index (χ0v) is 20.5. The lowest BCUT2D eigenvalue weighted by Gasteiger charge is -2.44. The lowest BCUT2D eigenvalue weighted by atomic mass is 9.90. The Bertz CT molecular complexity index is 1020. The van der Waals surface area contributed by atoms with Crippen LogP contribution in [0.3, 0.4) is 0 Å². The summed E-state index contributed by atoms with van der Waals surface area (Å²) in [5.41, 5.74) is 0.728. The van der Waals surface area contributed by atoms with Crippen LogP contribution in [-0.2, 0) is 16.8 Å². The fraction of sp³-hybridized carbons (Fsp3) is 0.577. The first-order valence-corrected chi connectivity index (χ1v) is 12.1. The fourth-order valence-electron chi connectivity index (χ4n) is 4.80. The molecule has 2 aromatic rings. The van der Waals surface area contributed by atoms with Gasteiger partial charge in [0.05, 0.1) is 18.8 Å². The molecule has 1 saturated carbocycles. The summed E-state index contributed by atoms with van der Waals surface area (Å²) in [5, 5.41) is 7.98. The van der Waals surface area contributed by atoms with E-state index in [-0.39, 0.29) is 23.3 Å². The van der Waals surface area contributed by atoms with E-state index in [1.807, 2.05) is 44.2 Å². The van der Waals surface area contributed by atoms with E-state index in [4.69, 9.17) is 9.84 Å². The van der Waals surface area contributed by atoms with E-state index in [0.717, 1.165) is 37.1 Å². The number of carbonyl (C=O) groups is 2. The number of ether oxygens (including phenoxy) is 1. The molecule has 1 fully saturated rings. The second-order valence-electron chi connectivity index (χ2n) is 10.5. The van der Waals surface area contributed by atoms with E-state index in [1.165, 1.54) is 6.42 Å². The maximum absolute atomic E-state index is 13.8. The Labute approximate surface area is 196 Å². The zero-order chi connectivity index (χ0) is 23.8. The zero-order valence-electron chi connectivity index (χ0n) is 20.5. The normalized spacial score (nSPS) is 21.6. The Hall–Kier alpha value is -2.83. The Morgan fingerprint density at radius 3 is 2.45 bits per heavy atom. The first-order chi connectivity index (χ1) is 15.6. The maximum atomic E-state index is 13.8. The standard InChI is InChI=1S/C26H36N4O3/c1-6-33-20-14-12-19(13-15-20)30-23(31)21-16-22(25(2,3)4)28-29(21)17-26(30,5)24(32)27-18-10-8-7-9-11-18/h12-16,18H,6-11,17H2,1-5H3,(H,27,32)/t26-/m1/s1. The largest absolute Gasteiger partial charge is 0.494 e. The third-order valence-corrected chi connectivity index (χ3v) is 6.76. The van der Waals surface area contributed by atoms with Crippen LogP contribution in [0.15, 0.2) is 30.3 Å². The van der Waals surface area contributed by atoms with Crippen LogP contribution in [0.5, 0.6) is 5.75 Å². The molecule has 33 heavy (non-hydrogen) atoms. The second-order valence-corrected chi connectivity index (χ2v) is 10.5. The molecule has 1 aliphatic carbocycles. The maximum Gasteiger partial charge on any atom is 0.277 e. The predicted octanol–water partition coefficient (Wildman–Crippen LogP) is 4.45. The van der Waals surface area contributed by atoms with Crippen molar-refractivity contribution in [3.05, 3.63) is 41.7 Å². The van der Waals surface area contributed by atoms with Crippen LogP contribution in [-0.4, -0.2) is 39.8 Å². The SMILES string of the molecule is CCOc1ccc(N2C(=O)c3cc(C(C)(C)C)nn3C[C@]2(C)C(=O)NC2CCCCC2)cc1. The molecule has 1 aromatic heterocycles. The molecule has 2 aliphatic rings. The summed E-state index contributed by atoms with van der Waals surface area (Å²) in [6.45, 7) is 10.9. The monoisotopic (exact) mass is 452 g/mol. The van der Waals surface area contributed by atoms with Gasteiger partial charge in [0.1, 0.15) is 17.0 Å². The van der Waals surface area contributed by atoms with Gasteiger partial charge in [-0.15, -0.1) is 0 Å². The van der Waals surface area contributed by atoms with Gasteiger partial charge in [0.2, 0.25) is 5.91 Å². The van der Waals surface area contributed by atoms with Gasteiger partial charge in [0.25, 0.3) is 5.91 Å². The highest BCUT2D eigenvalue weighted by Gasteiger charge is 2.49. The number of nitrogens with one attached hydrogen (secondary N) is 1. The summed E-state index contributed by atoms with van der Waals surface area (Å²) in [6.07, 6.45) is 5.44. The molecular weight excluding hydrogens is 416 g/mol. The van der Waals surface area contributed by atoms with E-state index < -0.39 is 5.54 Å². The lowest BCUT2D eigenvalue weighted by molar-refractivity contribution is -0.127. The summed E-state index contributed by atoms with van der Waals surface area (Å²) >= 11 is 0. The fourth-order valence-corrected chi connectivity index (χ4v) is 4.80. The van der Waals surface area contributed by atoms with E-state index in [2.05, 4.69) is 26.1 Å². The Morgan fingerprint density at radius 1 is 1.18 bits per heavy atom. The van der Waals surface area contributed by atoms with Crippen LogP contribution >= 0.6 is 0 Å². The van der Waals surface area contributed by atoms with Crippen molar-refractivity contribution in [2.24, 2.45) is 0 Å². The molecular formula is C26H36N4O3. The summed E-state index contributed by atoms with van der Waals surface area (Å²) in [6, 6.07) is 9.42. The minimum atomic E-state index is -1.10. The predicted molar refractivity (Wildman–Crippen MR) is 129 cm³/mol. The number of rotatable bonds is 5. The quantitative estimate of drug-likeness (QED) is 0.727. The molecule has 1 atom stereocenters. The van der Waals surface area contributed by atoms with Crippen molar-refractivity contribution in [3.63, 3.8) is 0 Å². The molecule has 1 N–H and O–H groups in total. The molecule has 0 bridgehead atoms. The van der Waals surface area contributed by atoms with Crippen molar-refractivity contribution in [3.8, 4) is 5.75 Å². The van der Waals surface area contributed by atoms with E-state index in [0.29, 0.717) is 24.5 Å². The van der Waals surface area contributed by atoms with Crippen molar-refractivity contribution in [2.75, 3.05) is 11.5 Å². The molecule has 2 heterocycles. The van der Waals surface area contributed by atoms with Crippen LogP contribution in [0, 0.1) is 0 Å². The number of aromatic nitrogens is 2. The number of hydrogen-bond donors (Lipinski definition) is 1. The highest BCUT2D eigenvalue weighted by Crippen LogP contribution is 2.35. The minimum Gasteiger partial charge on any atom is -0.494 e. The molecule has 0 radical (unpaired) electrons. The highest BCUT2D eigenvalue weighted by atomic mass is 16.5. The Morgan fingerprint density at radius 2 is 1.85 bits per heavy atom. The number of amides is 2. The smallest absolute Gasteiger partial charge is 0.277 e. The molecule has 1 aromatic carbocycles. The first kappa shape index (κ1) is 23.3. The van der Waals surface area contributed by atoms with Crippen molar-refractivity contribution in [1.29, 1.82) is 0 Å².